The van der Waals surface area contributed by atoms with Crippen LogP contribution in [0.2, 0.25) is 0 Å². The highest BCUT2D eigenvalue weighted by molar-refractivity contribution is 6.07. The summed E-state index contributed by atoms with van der Waals surface area (Å²) in [5, 5.41) is 10.3. The molecule has 5 heteroatoms. The smallest absolute Gasteiger partial charge is 0.255 e. The standard InChI is InChI=1S/C13H9N3O2/c17-13(9-5-2-1-3-6-9)14-10-7-4-8-11-12(10)16-18-15-11/h1-8H,(H,14,17). The van der Waals surface area contributed by atoms with Crippen molar-refractivity contribution in [1.82, 2.24) is 10.3 Å². The van der Waals surface area contributed by atoms with Crippen LogP contribution in [0.5, 0.6) is 0 Å². The van der Waals surface area contributed by atoms with Crippen LogP contribution in [0.4, 0.5) is 5.69 Å². The van der Waals surface area contributed by atoms with Crippen molar-refractivity contribution in [3.8, 4) is 0 Å². The maximum Gasteiger partial charge on any atom is 0.255 e. The van der Waals surface area contributed by atoms with Gasteiger partial charge in [-0.25, -0.2) is 4.63 Å². The third-order valence-corrected chi connectivity index (χ3v) is 2.57. The van der Waals surface area contributed by atoms with Gasteiger partial charge in [-0.1, -0.05) is 24.3 Å². The van der Waals surface area contributed by atoms with Gasteiger partial charge in [-0.05, 0) is 34.6 Å². The van der Waals surface area contributed by atoms with E-state index in [1.807, 2.05) is 18.2 Å². The first-order valence-electron chi connectivity index (χ1n) is 5.42. The number of hydrogen-bond donors (Lipinski definition) is 1. The Morgan fingerprint density at radius 2 is 1.83 bits per heavy atom. The van der Waals surface area contributed by atoms with Gasteiger partial charge in [0.1, 0.15) is 5.52 Å². The molecule has 0 radical (unpaired) electrons. The van der Waals surface area contributed by atoms with Crippen molar-refractivity contribution in [2.24, 2.45) is 0 Å². The fraction of sp³-hybridized carbons (Fsp3) is 0. The summed E-state index contributed by atoms with van der Waals surface area (Å²) in [7, 11) is 0. The van der Waals surface area contributed by atoms with Gasteiger partial charge in [-0.2, -0.15) is 0 Å². The molecule has 1 N–H and O–H groups in total. The molecule has 3 aromatic rings. The zero-order valence-corrected chi connectivity index (χ0v) is 9.33. The van der Waals surface area contributed by atoms with Crippen LogP contribution in [-0.2, 0) is 0 Å². The van der Waals surface area contributed by atoms with Gasteiger partial charge in [0.15, 0.2) is 5.52 Å². The van der Waals surface area contributed by atoms with E-state index in [1.54, 1.807) is 30.3 Å². The Morgan fingerprint density at radius 1 is 1.00 bits per heavy atom. The molecule has 0 unspecified atom stereocenters. The van der Waals surface area contributed by atoms with Crippen LogP contribution in [0.3, 0.4) is 0 Å². The van der Waals surface area contributed by atoms with E-state index in [0.717, 1.165) is 0 Å². The molecule has 18 heavy (non-hydrogen) atoms. The molecule has 1 amide bonds. The van der Waals surface area contributed by atoms with Crippen LogP contribution in [0.25, 0.3) is 11.0 Å². The topological polar surface area (TPSA) is 68.0 Å². The average molecular weight is 239 g/mol. The molecule has 2 aromatic carbocycles. The quantitative estimate of drug-likeness (QED) is 0.745. The fourth-order valence-corrected chi connectivity index (χ4v) is 1.69. The Labute approximate surface area is 102 Å². The summed E-state index contributed by atoms with van der Waals surface area (Å²) < 4.78 is 4.64. The van der Waals surface area contributed by atoms with Crippen LogP contribution in [0.1, 0.15) is 10.4 Å². The largest absolute Gasteiger partial charge is 0.320 e. The van der Waals surface area contributed by atoms with Gasteiger partial charge in [0.25, 0.3) is 5.91 Å². The molecular weight excluding hydrogens is 230 g/mol. The second kappa shape index (κ2) is 4.29. The minimum Gasteiger partial charge on any atom is -0.320 e. The average Bonchev–Trinajstić information content (AvgIpc) is 2.89. The molecule has 5 nitrogen and oxygen atoms in total. The van der Waals surface area contributed by atoms with Crippen molar-refractivity contribution in [2.45, 2.75) is 0 Å². The van der Waals surface area contributed by atoms with Crippen molar-refractivity contribution >= 4 is 22.6 Å². The first-order valence-corrected chi connectivity index (χ1v) is 5.42. The second-order valence-corrected chi connectivity index (χ2v) is 3.76. The van der Waals surface area contributed by atoms with E-state index in [9.17, 15) is 4.79 Å². The Balaban J connectivity index is 1.93. The molecule has 0 atom stereocenters. The number of hydrogen-bond acceptors (Lipinski definition) is 4. The summed E-state index contributed by atoms with van der Waals surface area (Å²) in [5.74, 6) is -0.189. The van der Waals surface area contributed by atoms with E-state index >= 15 is 0 Å². The Hall–Kier alpha value is -2.69. The molecule has 0 aliphatic heterocycles. The minimum atomic E-state index is -0.189. The van der Waals surface area contributed by atoms with Gasteiger partial charge in [0.05, 0.1) is 5.69 Å². The zero-order valence-electron chi connectivity index (χ0n) is 9.33. The number of fused-ring (bicyclic) bond motifs is 1. The first-order chi connectivity index (χ1) is 8.84. The lowest BCUT2D eigenvalue weighted by atomic mass is 10.2. The van der Waals surface area contributed by atoms with Gasteiger partial charge in [-0.3, -0.25) is 4.79 Å². The van der Waals surface area contributed by atoms with E-state index in [0.29, 0.717) is 22.3 Å². The number of carbonyl (C=O) groups excluding carboxylic acids is 1. The number of nitrogens with zero attached hydrogens (tertiary/aromatic N) is 2. The molecule has 0 aliphatic rings. The van der Waals surface area contributed by atoms with Crippen LogP contribution in [0, 0.1) is 0 Å². The molecule has 0 saturated heterocycles. The summed E-state index contributed by atoms with van der Waals surface area (Å²) in [6.45, 7) is 0. The number of carbonyl (C=O) groups is 1. The zero-order chi connectivity index (χ0) is 12.4. The normalized spacial score (nSPS) is 10.4. The van der Waals surface area contributed by atoms with Gasteiger partial charge >= 0.3 is 0 Å². The lowest BCUT2D eigenvalue weighted by Gasteiger charge is -2.04. The third-order valence-electron chi connectivity index (χ3n) is 2.57. The lowest BCUT2D eigenvalue weighted by Crippen LogP contribution is -2.11. The Bertz CT molecular complexity index is 692. The summed E-state index contributed by atoms with van der Waals surface area (Å²) in [4.78, 5) is 12.0. The molecule has 1 heterocycles. The number of benzene rings is 2. The summed E-state index contributed by atoms with van der Waals surface area (Å²) in [6.07, 6.45) is 0. The lowest BCUT2D eigenvalue weighted by molar-refractivity contribution is 0.102. The van der Waals surface area contributed by atoms with Crippen LogP contribution >= 0.6 is 0 Å². The van der Waals surface area contributed by atoms with Gasteiger partial charge in [0, 0.05) is 5.56 Å². The molecule has 0 saturated carbocycles. The highest BCUT2D eigenvalue weighted by atomic mass is 16.6. The predicted molar refractivity (Wildman–Crippen MR) is 66.2 cm³/mol. The molecule has 88 valence electrons. The predicted octanol–water partition coefficient (Wildman–Crippen LogP) is 2.48. The van der Waals surface area contributed by atoms with Crippen LogP contribution in [-0.4, -0.2) is 16.2 Å². The molecule has 0 spiro atoms. The minimum absolute atomic E-state index is 0.189. The van der Waals surface area contributed by atoms with Crippen molar-refractivity contribution in [2.75, 3.05) is 5.32 Å². The first kappa shape index (κ1) is 10.5. The Morgan fingerprint density at radius 3 is 2.67 bits per heavy atom. The molecule has 3 rings (SSSR count). The monoisotopic (exact) mass is 239 g/mol. The molecule has 0 fully saturated rings. The number of rotatable bonds is 2. The molecule has 1 aromatic heterocycles. The van der Waals surface area contributed by atoms with E-state index in [2.05, 4.69) is 20.3 Å². The molecular formula is C13H9N3O2. The van der Waals surface area contributed by atoms with Crippen molar-refractivity contribution in [3.05, 3.63) is 54.1 Å². The maximum absolute atomic E-state index is 12.0. The summed E-state index contributed by atoms with van der Waals surface area (Å²) in [6, 6.07) is 14.3. The number of nitrogens with one attached hydrogen (secondary N) is 1. The third kappa shape index (κ3) is 1.82. The highest BCUT2D eigenvalue weighted by Crippen LogP contribution is 2.20. The van der Waals surface area contributed by atoms with E-state index < -0.39 is 0 Å². The summed E-state index contributed by atoms with van der Waals surface area (Å²) in [5.41, 5.74) is 2.33. The summed E-state index contributed by atoms with van der Waals surface area (Å²) >= 11 is 0. The van der Waals surface area contributed by atoms with E-state index in [1.165, 1.54) is 0 Å². The number of amides is 1. The SMILES string of the molecule is O=C(Nc1cccc2nonc12)c1ccccc1. The van der Waals surface area contributed by atoms with Crippen molar-refractivity contribution < 1.29 is 9.42 Å². The molecule has 0 aliphatic carbocycles. The van der Waals surface area contributed by atoms with E-state index in [-0.39, 0.29) is 5.91 Å². The Kier molecular flexibility index (Phi) is 2.49. The maximum atomic E-state index is 12.0. The van der Waals surface area contributed by atoms with Crippen LogP contribution < -0.4 is 5.32 Å². The number of anilines is 1. The van der Waals surface area contributed by atoms with Crippen molar-refractivity contribution in [1.29, 1.82) is 0 Å². The van der Waals surface area contributed by atoms with Gasteiger partial charge in [-0.15, -0.1) is 0 Å². The second-order valence-electron chi connectivity index (χ2n) is 3.76. The number of aromatic nitrogens is 2. The van der Waals surface area contributed by atoms with Gasteiger partial charge in [0.2, 0.25) is 0 Å². The van der Waals surface area contributed by atoms with E-state index in [4.69, 9.17) is 0 Å². The van der Waals surface area contributed by atoms with Crippen LogP contribution in [0.15, 0.2) is 53.2 Å². The fourth-order valence-electron chi connectivity index (χ4n) is 1.69. The molecule has 0 bridgehead atoms. The van der Waals surface area contributed by atoms with Gasteiger partial charge < -0.3 is 5.32 Å². The van der Waals surface area contributed by atoms with Crippen molar-refractivity contribution in [3.63, 3.8) is 0 Å². The highest BCUT2D eigenvalue weighted by Gasteiger charge is 2.10.